The molecule has 3 rings (SSSR count). The van der Waals surface area contributed by atoms with Gasteiger partial charge in [-0.05, 0) is 55.3 Å². The van der Waals surface area contributed by atoms with Gasteiger partial charge in [-0.1, -0.05) is 12.1 Å². The molecule has 1 aromatic heterocycles. The maximum Gasteiger partial charge on any atom is 0.338 e. The van der Waals surface area contributed by atoms with E-state index < -0.39 is 0 Å². The predicted molar refractivity (Wildman–Crippen MR) is 104 cm³/mol. The van der Waals surface area contributed by atoms with Gasteiger partial charge in [-0.2, -0.15) is 0 Å². The standard InChI is InChI=1S/C21H23N3O3/c1-2-27-21(26)17-6-8-18(9-7-17)23-20(25)15-24-13-10-16(11-14-24)19-5-3-4-12-22-19/h3-10,12H,2,11,13-15H2,1H3,(H,23,25). The van der Waals surface area contributed by atoms with E-state index in [1.807, 2.05) is 18.2 Å². The summed E-state index contributed by atoms with van der Waals surface area (Å²) in [5, 5.41) is 2.86. The minimum absolute atomic E-state index is 0.0754. The molecule has 1 aliphatic rings. The van der Waals surface area contributed by atoms with Gasteiger partial charge in [-0.3, -0.25) is 14.7 Å². The average molecular weight is 365 g/mol. The minimum atomic E-state index is -0.362. The summed E-state index contributed by atoms with van der Waals surface area (Å²) in [6.45, 7) is 3.97. The zero-order valence-corrected chi connectivity index (χ0v) is 15.4. The first kappa shape index (κ1) is 18.8. The number of nitrogens with zero attached hydrogens (tertiary/aromatic N) is 2. The molecule has 0 saturated heterocycles. The number of anilines is 1. The zero-order chi connectivity index (χ0) is 19.1. The Morgan fingerprint density at radius 3 is 2.63 bits per heavy atom. The third-order valence-electron chi connectivity index (χ3n) is 4.33. The van der Waals surface area contributed by atoms with Gasteiger partial charge in [0.1, 0.15) is 0 Å². The van der Waals surface area contributed by atoms with Crippen LogP contribution in [0.3, 0.4) is 0 Å². The van der Waals surface area contributed by atoms with Crippen LogP contribution in [0.4, 0.5) is 5.69 Å². The van der Waals surface area contributed by atoms with Crippen LogP contribution in [0.1, 0.15) is 29.4 Å². The van der Waals surface area contributed by atoms with Crippen molar-refractivity contribution in [1.29, 1.82) is 0 Å². The molecule has 1 aliphatic heterocycles. The molecule has 27 heavy (non-hydrogen) atoms. The van der Waals surface area contributed by atoms with E-state index in [9.17, 15) is 9.59 Å². The SMILES string of the molecule is CCOC(=O)c1ccc(NC(=O)CN2CC=C(c3ccccn3)CC2)cc1. The van der Waals surface area contributed by atoms with Gasteiger partial charge in [0.05, 0.1) is 24.4 Å². The Morgan fingerprint density at radius 1 is 1.19 bits per heavy atom. The molecule has 2 heterocycles. The second kappa shape index (κ2) is 9.09. The van der Waals surface area contributed by atoms with Crippen molar-refractivity contribution in [2.24, 2.45) is 0 Å². The Labute approximate surface area is 158 Å². The number of nitrogens with one attached hydrogen (secondary N) is 1. The van der Waals surface area contributed by atoms with Crippen LogP contribution >= 0.6 is 0 Å². The van der Waals surface area contributed by atoms with Crippen molar-refractivity contribution < 1.29 is 14.3 Å². The molecule has 0 atom stereocenters. The third-order valence-corrected chi connectivity index (χ3v) is 4.33. The topological polar surface area (TPSA) is 71.5 Å². The maximum absolute atomic E-state index is 12.3. The van der Waals surface area contributed by atoms with Crippen LogP contribution in [0.5, 0.6) is 0 Å². The summed E-state index contributed by atoms with van der Waals surface area (Å²) in [5.74, 6) is -0.437. The molecule has 0 radical (unpaired) electrons. The van der Waals surface area contributed by atoms with Crippen molar-refractivity contribution in [3.63, 3.8) is 0 Å². The largest absolute Gasteiger partial charge is 0.462 e. The lowest BCUT2D eigenvalue weighted by Gasteiger charge is -2.25. The number of amides is 1. The van der Waals surface area contributed by atoms with Gasteiger partial charge in [0.15, 0.2) is 0 Å². The van der Waals surface area contributed by atoms with Crippen LogP contribution in [-0.4, -0.2) is 48.0 Å². The van der Waals surface area contributed by atoms with Gasteiger partial charge >= 0.3 is 5.97 Å². The lowest BCUT2D eigenvalue weighted by atomic mass is 10.0. The molecule has 0 bridgehead atoms. The Kier molecular flexibility index (Phi) is 6.33. The lowest BCUT2D eigenvalue weighted by Crippen LogP contribution is -2.36. The highest BCUT2D eigenvalue weighted by molar-refractivity contribution is 5.94. The van der Waals surface area contributed by atoms with Gasteiger partial charge < -0.3 is 10.1 Å². The second-order valence-corrected chi connectivity index (χ2v) is 6.28. The Bertz CT molecular complexity index is 816. The zero-order valence-electron chi connectivity index (χ0n) is 15.4. The molecular weight excluding hydrogens is 342 g/mol. The summed E-state index contributed by atoms with van der Waals surface area (Å²) < 4.78 is 4.95. The van der Waals surface area contributed by atoms with E-state index in [0.29, 0.717) is 24.4 Å². The summed E-state index contributed by atoms with van der Waals surface area (Å²) in [6, 6.07) is 12.6. The van der Waals surface area contributed by atoms with E-state index >= 15 is 0 Å². The highest BCUT2D eigenvalue weighted by Crippen LogP contribution is 2.20. The monoisotopic (exact) mass is 365 g/mol. The number of hydrogen-bond donors (Lipinski definition) is 1. The summed E-state index contributed by atoms with van der Waals surface area (Å²) in [5.41, 5.74) is 3.36. The number of pyridine rings is 1. The van der Waals surface area contributed by atoms with Crippen LogP contribution in [0, 0.1) is 0 Å². The van der Waals surface area contributed by atoms with E-state index in [1.54, 1.807) is 37.4 Å². The van der Waals surface area contributed by atoms with Crippen molar-refractivity contribution in [3.8, 4) is 0 Å². The molecule has 0 fully saturated rings. The van der Waals surface area contributed by atoms with Crippen molar-refractivity contribution in [1.82, 2.24) is 9.88 Å². The predicted octanol–water partition coefficient (Wildman–Crippen LogP) is 2.99. The number of carbonyl (C=O) groups excluding carboxylic acids is 2. The number of benzene rings is 1. The van der Waals surface area contributed by atoms with Gasteiger partial charge in [-0.15, -0.1) is 0 Å². The fourth-order valence-electron chi connectivity index (χ4n) is 2.95. The minimum Gasteiger partial charge on any atom is -0.462 e. The number of esters is 1. The molecule has 6 heteroatoms. The number of hydrogen-bond acceptors (Lipinski definition) is 5. The van der Waals surface area contributed by atoms with Crippen molar-refractivity contribution >= 4 is 23.1 Å². The van der Waals surface area contributed by atoms with Crippen molar-refractivity contribution in [2.45, 2.75) is 13.3 Å². The van der Waals surface area contributed by atoms with E-state index in [0.717, 1.165) is 25.2 Å². The normalized spacial score (nSPS) is 14.3. The lowest BCUT2D eigenvalue weighted by molar-refractivity contribution is -0.117. The maximum atomic E-state index is 12.3. The molecule has 6 nitrogen and oxygen atoms in total. The highest BCUT2D eigenvalue weighted by atomic mass is 16.5. The van der Waals surface area contributed by atoms with E-state index in [-0.39, 0.29) is 11.9 Å². The molecule has 0 saturated carbocycles. The Hall–Kier alpha value is -2.99. The van der Waals surface area contributed by atoms with Gasteiger partial charge in [0.2, 0.25) is 5.91 Å². The summed E-state index contributed by atoms with van der Waals surface area (Å²) in [6.07, 6.45) is 4.80. The fraction of sp³-hybridized carbons (Fsp3) is 0.286. The molecule has 2 aromatic rings. The Balaban J connectivity index is 1.50. The van der Waals surface area contributed by atoms with Crippen LogP contribution in [-0.2, 0) is 9.53 Å². The quantitative estimate of drug-likeness (QED) is 0.797. The van der Waals surface area contributed by atoms with E-state index in [2.05, 4.69) is 21.3 Å². The molecule has 1 amide bonds. The molecular formula is C21H23N3O3. The molecule has 1 N–H and O–H groups in total. The van der Waals surface area contributed by atoms with E-state index in [4.69, 9.17) is 4.74 Å². The number of ether oxygens (including phenoxy) is 1. The highest BCUT2D eigenvalue weighted by Gasteiger charge is 2.16. The third kappa shape index (κ3) is 5.24. The number of rotatable bonds is 6. The summed E-state index contributed by atoms with van der Waals surface area (Å²) in [7, 11) is 0. The second-order valence-electron chi connectivity index (χ2n) is 6.28. The first-order valence-corrected chi connectivity index (χ1v) is 9.05. The van der Waals surface area contributed by atoms with Crippen LogP contribution in [0.2, 0.25) is 0 Å². The number of aromatic nitrogens is 1. The van der Waals surface area contributed by atoms with Crippen LogP contribution in [0.25, 0.3) is 5.57 Å². The van der Waals surface area contributed by atoms with Crippen molar-refractivity contribution in [3.05, 3.63) is 66.0 Å². The molecule has 140 valence electrons. The van der Waals surface area contributed by atoms with Crippen LogP contribution < -0.4 is 5.32 Å². The number of carbonyl (C=O) groups is 2. The van der Waals surface area contributed by atoms with Gasteiger partial charge in [0, 0.05) is 25.0 Å². The fourth-order valence-corrected chi connectivity index (χ4v) is 2.95. The smallest absolute Gasteiger partial charge is 0.338 e. The van der Waals surface area contributed by atoms with Gasteiger partial charge in [-0.25, -0.2) is 4.79 Å². The molecule has 0 aliphatic carbocycles. The molecule has 0 spiro atoms. The van der Waals surface area contributed by atoms with E-state index in [1.165, 1.54) is 5.57 Å². The van der Waals surface area contributed by atoms with Crippen molar-refractivity contribution in [2.75, 3.05) is 31.6 Å². The molecule has 0 unspecified atom stereocenters. The summed E-state index contributed by atoms with van der Waals surface area (Å²) in [4.78, 5) is 30.4. The average Bonchev–Trinajstić information content (AvgIpc) is 2.70. The summed E-state index contributed by atoms with van der Waals surface area (Å²) >= 11 is 0. The first-order chi connectivity index (χ1) is 13.2. The molecule has 1 aromatic carbocycles. The van der Waals surface area contributed by atoms with Crippen LogP contribution in [0.15, 0.2) is 54.7 Å². The van der Waals surface area contributed by atoms with Gasteiger partial charge in [0.25, 0.3) is 0 Å². The Morgan fingerprint density at radius 2 is 2.00 bits per heavy atom. The first-order valence-electron chi connectivity index (χ1n) is 9.05.